The van der Waals surface area contributed by atoms with Crippen LogP contribution in [-0.4, -0.2) is 21.3 Å². The molecule has 4 nitrogen and oxygen atoms in total. The zero-order valence-corrected chi connectivity index (χ0v) is 12.2. The van der Waals surface area contributed by atoms with Crippen molar-refractivity contribution in [3.63, 3.8) is 0 Å². The largest absolute Gasteiger partial charge is 0.312 e. The molecule has 1 aliphatic heterocycles. The maximum atomic E-state index is 4.57. The summed E-state index contributed by atoms with van der Waals surface area (Å²) in [4.78, 5) is 0. The molecule has 4 heteroatoms. The number of rotatable bonds is 6. The lowest BCUT2D eigenvalue weighted by Gasteiger charge is -2.26. The third-order valence-corrected chi connectivity index (χ3v) is 4.52. The van der Waals surface area contributed by atoms with Crippen LogP contribution < -0.4 is 5.32 Å². The molecule has 0 bridgehead atoms. The molecule has 1 aliphatic carbocycles. The molecule has 1 aromatic heterocycles. The van der Waals surface area contributed by atoms with Gasteiger partial charge in [-0.25, -0.2) is 0 Å². The first-order valence-electron chi connectivity index (χ1n) is 8.01. The smallest absolute Gasteiger partial charge is 0.150 e. The molecular formula is C15H26N4. The summed E-state index contributed by atoms with van der Waals surface area (Å²) >= 11 is 0. The normalized spacial score (nSPS) is 22.8. The minimum absolute atomic E-state index is 0.471. The van der Waals surface area contributed by atoms with Gasteiger partial charge in [0.25, 0.3) is 0 Å². The molecule has 1 fully saturated rings. The molecule has 0 spiro atoms. The summed E-state index contributed by atoms with van der Waals surface area (Å²) in [6, 6.07) is 0.471. The summed E-state index contributed by atoms with van der Waals surface area (Å²) in [6.45, 7) is 6.66. The van der Waals surface area contributed by atoms with Crippen LogP contribution in [0.3, 0.4) is 0 Å². The van der Waals surface area contributed by atoms with Gasteiger partial charge < -0.3 is 9.88 Å². The summed E-state index contributed by atoms with van der Waals surface area (Å²) < 4.78 is 2.43. The zero-order valence-electron chi connectivity index (χ0n) is 12.2. The van der Waals surface area contributed by atoms with Crippen molar-refractivity contribution in [2.75, 3.05) is 6.54 Å². The summed E-state index contributed by atoms with van der Waals surface area (Å²) in [5.74, 6) is 3.88. The topological polar surface area (TPSA) is 42.7 Å². The van der Waals surface area contributed by atoms with Crippen molar-refractivity contribution in [3.8, 4) is 0 Å². The standard InChI is InChI=1S/C15H26N4/c1-3-5-12(6-4-2)14-17-18-15-13(11-7-8-11)16-9-10-19(14)15/h11-13,16H,3-10H2,1-2H3. The lowest BCUT2D eigenvalue weighted by Crippen LogP contribution is -2.35. The van der Waals surface area contributed by atoms with Gasteiger partial charge in [-0.3, -0.25) is 0 Å². The van der Waals surface area contributed by atoms with Gasteiger partial charge in [0.2, 0.25) is 0 Å². The maximum absolute atomic E-state index is 4.57. The fourth-order valence-corrected chi connectivity index (χ4v) is 3.42. The van der Waals surface area contributed by atoms with Gasteiger partial charge in [0.1, 0.15) is 5.82 Å². The van der Waals surface area contributed by atoms with Crippen LogP contribution in [0.5, 0.6) is 0 Å². The molecule has 1 saturated carbocycles. The van der Waals surface area contributed by atoms with Gasteiger partial charge in [-0.05, 0) is 31.6 Å². The van der Waals surface area contributed by atoms with Crippen molar-refractivity contribution in [2.24, 2.45) is 5.92 Å². The van der Waals surface area contributed by atoms with E-state index in [0.29, 0.717) is 12.0 Å². The third kappa shape index (κ3) is 2.55. The van der Waals surface area contributed by atoms with Crippen molar-refractivity contribution in [2.45, 2.75) is 70.9 Å². The predicted molar refractivity (Wildman–Crippen MR) is 76.0 cm³/mol. The minimum atomic E-state index is 0.471. The molecule has 2 heterocycles. The number of nitrogens with zero attached hydrogens (tertiary/aromatic N) is 3. The number of nitrogens with one attached hydrogen (secondary N) is 1. The van der Waals surface area contributed by atoms with E-state index in [2.05, 4.69) is 33.9 Å². The molecule has 0 aromatic carbocycles. The van der Waals surface area contributed by atoms with Crippen LogP contribution in [0.15, 0.2) is 0 Å². The Morgan fingerprint density at radius 3 is 2.58 bits per heavy atom. The first-order chi connectivity index (χ1) is 9.35. The monoisotopic (exact) mass is 262 g/mol. The lowest BCUT2D eigenvalue weighted by atomic mass is 9.97. The Bertz CT molecular complexity index is 416. The Morgan fingerprint density at radius 1 is 1.21 bits per heavy atom. The minimum Gasteiger partial charge on any atom is -0.312 e. The fraction of sp³-hybridized carbons (Fsp3) is 0.867. The molecule has 0 radical (unpaired) electrons. The Kier molecular flexibility index (Phi) is 3.87. The molecule has 3 rings (SSSR count). The van der Waals surface area contributed by atoms with Crippen LogP contribution in [-0.2, 0) is 6.54 Å². The highest BCUT2D eigenvalue weighted by molar-refractivity contribution is 5.11. The van der Waals surface area contributed by atoms with E-state index in [1.807, 2.05) is 0 Å². The molecule has 19 heavy (non-hydrogen) atoms. The van der Waals surface area contributed by atoms with Crippen LogP contribution in [0.25, 0.3) is 0 Å². The lowest BCUT2D eigenvalue weighted by molar-refractivity contribution is 0.369. The van der Waals surface area contributed by atoms with E-state index in [4.69, 9.17) is 0 Å². The summed E-state index contributed by atoms with van der Waals surface area (Å²) in [6.07, 6.45) is 7.66. The van der Waals surface area contributed by atoms with Gasteiger partial charge in [-0.1, -0.05) is 26.7 Å². The highest BCUT2D eigenvalue weighted by Gasteiger charge is 2.38. The molecular weight excluding hydrogens is 236 g/mol. The molecule has 1 N–H and O–H groups in total. The average molecular weight is 262 g/mol. The number of hydrogen-bond donors (Lipinski definition) is 1. The Balaban J connectivity index is 1.86. The maximum Gasteiger partial charge on any atom is 0.150 e. The second kappa shape index (κ2) is 5.61. The van der Waals surface area contributed by atoms with Crippen molar-refractivity contribution in [1.82, 2.24) is 20.1 Å². The van der Waals surface area contributed by atoms with Crippen LogP contribution in [0.2, 0.25) is 0 Å². The van der Waals surface area contributed by atoms with Gasteiger partial charge in [-0.15, -0.1) is 10.2 Å². The van der Waals surface area contributed by atoms with Crippen LogP contribution >= 0.6 is 0 Å². The van der Waals surface area contributed by atoms with Gasteiger partial charge in [0.05, 0.1) is 6.04 Å². The van der Waals surface area contributed by atoms with E-state index in [0.717, 1.165) is 19.0 Å². The number of aromatic nitrogens is 3. The van der Waals surface area contributed by atoms with E-state index in [-0.39, 0.29) is 0 Å². The van der Waals surface area contributed by atoms with E-state index >= 15 is 0 Å². The fourth-order valence-electron chi connectivity index (χ4n) is 3.42. The van der Waals surface area contributed by atoms with Crippen molar-refractivity contribution in [3.05, 3.63) is 11.6 Å². The van der Waals surface area contributed by atoms with Crippen molar-refractivity contribution >= 4 is 0 Å². The van der Waals surface area contributed by atoms with E-state index in [1.54, 1.807) is 0 Å². The van der Waals surface area contributed by atoms with Gasteiger partial charge in [0.15, 0.2) is 5.82 Å². The Hall–Kier alpha value is -0.900. The highest BCUT2D eigenvalue weighted by Crippen LogP contribution is 2.42. The van der Waals surface area contributed by atoms with Crippen molar-refractivity contribution < 1.29 is 0 Å². The summed E-state index contributed by atoms with van der Waals surface area (Å²) in [5, 5.41) is 12.7. The first kappa shape index (κ1) is 13.1. The molecule has 0 amide bonds. The van der Waals surface area contributed by atoms with E-state index in [1.165, 1.54) is 50.2 Å². The highest BCUT2D eigenvalue weighted by atomic mass is 15.3. The van der Waals surface area contributed by atoms with Crippen LogP contribution in [0.4, 0.5) is 0 Å². The van der Waals surface area contributed by atoms with E-state index in [9.17, 15) is 0 Å². The SMILES string of the molecule is CCCC(CCC)c1nnc2n1CCNC2C1CC1. The van der Waals surface area contributed by atoms with Crippen LogP contribution in [0, 0.1) is 5.92 Å². The number of hydrogen-bond acceptors (Lipinski definition) is 3. The van der Waals surface area contributed by atoms with Gasteiger partial charge in [-0.2, -0.15) is 0 Å². The molecule has 106 valence electrons. The van der Waals surface area contributed by atoms with Crippen LogP contribution in [0.1, 0.15) is 76.0 Å². The number of fused-ring (bicyclic) bond motifs is 1. The van der Waals surface area contributed by atoms with Crippen molar-refractivity contribution in [1.29, 1.82) is 0 Å². The first-order valence-corrected chi connectivity index (χ1v) is 8.01. The van der Waals surface area contributed by atoms with Gasteiger partial charge >= 0.3 is 0 Å². The second-order valence-electron chi connectivity index (χ2n) is 6.11. The molecule has 1 unspecified atom stereocenters. The summed E-state index contributed by atoms with van der Waals surface area (Å²) in [5.41, 5.74) is 0. The molecule has 0 saturated heterocycles. The Morgan fingerprint density at radius 2 is 1.95 bits per heavy atom. The molecule has 2 aliphatic rings. The second-order valence-corrected chi connectivity index (χ2v) is 6.11. The third-order valence-electron chi connectivity index (χ3n) is 4.52. The average Bonchev–Trinajstić information content (AvgIpc) is 3.17. The zero-order chi connectivity index (χ0) is 13.2. The quantitative estimate of drug-likeness (QED) is 0.857. The predicted octanol–water partition coefficient (Wildman–Crippen LogP) is 3.02. The summed E-state index contributed by atoms with van der Waals surface area (Å²) in [7, 11) is 0. The molecule has 1 atom stereocenters. The van der Waals surface area contributed by atoms with E-state index < -0.39 is 0 Å². The Labute approximate surface area is 116 Å². The van der Waals surface area contributed by atoms with Gasteiger partial charge in [0, 0.05) is 19.0 Å². The molecule has 1 aromatic rings.